The first-order valence-electron chi connectivity index (χ1n) is 8.35. The maximum atomic E-state index is 12.6. The third kappa shape index (κ3) is 4.48. The van der Waals surface area contributed by atoms with Gasteiger partial charge in [-0.2, -0.15) is 0 Å². The van der Waals surface area contributed by atoms with Crippen molar-refractivity contribution in [3.8, 4) is 5.75 Å². The lowest BCUT2D eigenvalue weighted by Crippen LogP contribution is -2.39. The Morgan fingerprint density at radius 2 is 2.12 bits per heavy atom. The number of nitrogens with one attached hydrogen (secondary N) is 1. The van der Waals surface area contributed by atoms with Crippen LogP contribution in [-0.4, -0.2) is 49.2 Å². The topological polar surface area (TPSA) is 86.7 Å². The van der Waals surface area contributed by atoms with E-state index >= 15 is 0 Å². The molecule has 134 valence electrons. The number of phenolic OH excluding ortho intramolecular Hbond substituents is 1. The lowest BCUT2D eigenvalue weighted by molar-refractivity contribution is 0.0787. The molecule has 1 aliphatic heterocycles. The largest absolute Gasteiger partial charge is 0.507 e. The minimum absolute atomic E-state index is 0.0267. The molecule has 0 bridgehead atoms. The quantitative estimate of drug-likeness (QED) is 0.819. The molecular formula is C17H26N2O4S. The van der Waals surface area contributed by atoms with E-state index in [-0.39, 0.29) is 34.9 Å². The van der Waals surface area contributed by atoms with E-state index in [2.05, 4.69) is 4.72 Å². The van der Waals surface area contributed by atoms with Crippen molar-refractivity contribution in [2.24, 2.45) is 0 Å². The molecule has 2 rings (SSSR count). The Morgan fingerprint density at radius 1 is 1.42 bits per heavy atom. The fourth-order valence-corrected chi connectivity index (χ4v) is 4.24. The van der Waals surface area contributed by atoms with Gasteiger partial charge in [-0.25, -0.2) is 13.1 Å². The predicted molar refractivity (Wildman–Crippen MR) is 93.7 cm³/mol. The molecule has 1 heterocycles. The molecule has 6 nitrogen and oxygen atoms in total. The number of amides is 1. The predicted octanol–water partition coefficient (Wildman–Crippen LogP) is 2.06. The summed E-state index contributed by atoms with van der Waals surface area (Å²) in [6, 6.07) is 4.84. The minimum Gasteiger partial charge on any atom is -0.507 e. The van der Waals surface area contributed by atoms with Gasteiger partial charge in [-0.1, -0.05) is 26.8 Å². The Bertz CT molecular complexity index is 701. The molecule has 0 saturated carbocycles. The van der Waals surface area contributed by atoms with Crippen LogP contribution in [0.5, 0.6) is 5.75 Å². The zero-order chi connectivity index (χ0) is 17.9. The summed E-state index contributed by atoms with van der Waals surface area (Å²) in [6.45, 7) is 6.65. The summed E-state index contributed by atoms with van der Waals surface area (Å²) >= 11 is 0. The maximum Gasteiger partial charge on any atom is 0.257 e. The number of hydrogen-bond donors (Lipinski definition) is 2. The van der Waals surface area contributed by atoms with E-state index < -0.39 is 10.0 Å². The highest BCUT2D eigenvalue weighted by Gasteiger charge is 2.30. The SMILES string of the molecule is CCCS(=O)(=O)N[C@@H]1CCN(C(=O)c2ccc(C(C)C)cc2O)C1. The molecule has 1 aromatic carbocycles. The Hall–Kier alpha value is -1.60. The first-order chi connectivity index (χ1) is 11.2. The van der Waals surface area contributed by atoms with Crippen LogP contribution in [0.3, 0.4) is 0 Å². The lowest BCUT2D eigenvalue weighted by Gasteiger charge is -2.18. The Balaban J connectivity index is 2.04. The van der Waals surface area contributed by atoms with Crippen molar-refractivity contribution in [2.45, 2.75) is 45.6 Å². The molecule has 1 aromatic rings. The highest BCUT2D eigenvalue weighted by Crippen LogP contribution is 2.26. The minimum atomic E-state index is -3.29. The summed E-state index contributed by atoms with van der Waals surface area (Å²) in [5, 5.41) is 10.1. The van der Waals surface area contributed by atoms with Crippen molar-refractivity contribution in [2.75, 3.05) is 18.8 Å². The molecule has 1 atom stereocenters. The van der Waals surface area contributed by atoms with Gasteiger partial charge >= 0.3 is 0 Å². The van der Waals surface area contributed by atoms with Crippen molar-refractivity contribution in [1.82, 2.24) is 9.62 Å². The van der Waals surface area contributed by atoms with Crippen molar-refractivity contribution in [3.05, 3.63) is 29.3 Å². The number of carbonyl (C=O) groups excluding carboxylic acids is 1. The number of benzene rings is 1. The molecule has 1 saturated heterocycles. The Morgan fingerprint density at radius 3 is 2.71 bits per heavy atom. The van der Waals surface area contributed by atoms with Gasteiger partial charge in [-0.3, -0.25) is 4.79 Å². The average Bonchev–Trinajstić information content (AvgIpc) is 2.93. The summed E-state index contributed by atoms with van der Waals surface area (Å²) in [6.07, 6.45) is 1.14. The second-order valence-corrected chi connectivity index (χ2v) is 8.48. The number of carbonyl (C=O) groups is 1. The van der Waals surface area contributed by atoms with E-state index in [1.165, 1.54) is 0 Å². The summed E-state index contributed by atoms with van der Waals surface area (Å²) in [5.41, 5.74) is 1.23. The summed E-state index contributed by atoms with van der Waals surface area (Å²) in [5.74, 6) is 0.0694. The van der Waals surface area contributed by atoms with Gasteiger partial charge in [-0.15, -0.1) is 0 Å². The standard InChI is InChI=1S/C17H26N2O4S/c1-4-9-24(22,23)18-14-7-8-19(11-14)17(21)15-6-5-13(12(2)3)10-16(15)20/h5-6,10,12,14,18,20H,4,7-9,11H2,1-3H3/t14-/m1/s1. The van der Waals surface area contributed by atoms with Crippen molar-refractivity contribution < 1.29 is 18.3 Å². The van der Waals surface area contributed by atoms with Crippen LogP contribution in [0.1, 0.15) is 55.5 Å². The number of nitrogens with zero attached hydrogens (tertiary/aromatic N) is 1. The number of hydrogen-bond acceptors (Lipinski definition) is 4. The van der Waals surface area contributed by atoms with Crippen LogP contribution >= 0.6 is 0 Å². The zero-order valence-electron chi connectivity index (χ0n) is 14.4. The van der Waals surface area contributed by atoms with Crippen LogP contribution in [-0.2, 0) is 10.0 Å². The van der Waals surface area contributed by atoms with Gasteiger partial charge in [0.15, 0.2) is 0 Å². The molecule has 7 heteroatoms. The maximum absolute atomic E-state index is 12.6. The molecule has 0 radical (unpaired) electrons. The molecule has 0 aliphatic carbocycles. The van der Waals surface area contributed by atoms with E-state index in [1.54, 1.807) is 17.0 Å². The average molecular weight is 354 g/mol. The Labute approximate surface area is 143 Å². The normalized spacial score (nSPS) is 18.3. The fraction of sp³-hybridized carbons (Fsp3) is 0.588. The monoisotopic (exact) mass is 354 g/mol. The van der Waals surface area contributed by atoms with Crippen molar-refractivity contribution in [3.63, 3.8) is 0 Å². The van der Waals surface area contributed by atoms with Gasteiger partial charge in [0.05, 0.1) is 11.3 Å². The first-order valence-corrected chi connectivity index (χ1v) is 10.0. The number of phenols is 1. The fourth-order valence-electron chi connectivity index (χ4n) is 2.88. The van der Waals surface area contributed by atoms with Gasteiger partial charge in [-0.05, 0) is 36.5 Å². The van der Waals surface area contributed by atoms with Crippen LogP contribution in [0.25, 0.3) is 0 Å². The highest BCUT2D eigenvalue weighted by molar-refractivity contribution is 7.89. The van der Waals surface area contributed by atoms with Crippen LogP contribution in [0, 0.1) is 0 Å². The third-order valence-corrected chi connectivity index (χ3v) is 5.85. The third-order valence-electron chi connectivity index (χ3n) is 4.21. The van der Waals surface area contributed by atoms with Crippen LogP contribution < -0.4 is 4.72 Å². The Kier molecular flexibility index (Phi) is 5.87. The van der Waals surface area contributed by atoms with Gasteiger partial charge in [0.2, 0.25) is 10.0 Å². The van der Waals surface area contributed by atoms with E-state index in [0.29, 0.717) is 25.9 Å². The van der Waals surface area contributed by atoms with Gasteiger partial charge in [0.25, 0.3) is 5.91 Å². The molecule has 1 aliphatic rings. The lowest BCUT2D eigenvalue weighted by atomic mass is 10.0. The van der Waals surface area contributed by atoms with Gasteiger partial charge in [0, 0.05) is 19.1 Å². The van der Waals surface area contributed by atoms with Crippen LogP contribution in [0.4, 0.5) is 0 Å². The summed E-state index contributed by atoms with van der Waals surface area (Å²) in [4.78, 5) is 14.2. The molecular weight excluding hydrogens is 328 g/mol. The van der Waals surface area contributed by atoms with Gasteiger partial charge in [0.1, 0.15) is 5.75 Å². The van der Waals surface area contributed by atoms with E-state index in [9.17, 15) is 18.3 Å². The molecule has 0 unspecified atom stereocenters. The van der Waals surface area contributed by atoms with Crippen LogP contribution in [0.2, 0.25) is 0 Å². The van der Waals surface area contributed by atoms with E-state index in [4.69, 9.17) is 0 Å². The molecule has 24 heavy (non-hydrogen) atoms. The number of sulfonamides is 1. The first kappa shape index (κ1) is 18.7. The molecule has 1 amide bonds. The van der Waals surface area contributed by atoms with Gasteiger partial charge < -0.3 is 10.0 Å². The molecule has 0 aromatic heterocycles. The van der Waals surface area contributed by atoms with Crippen LogP contribution in [0.15, 0.2) is 18.2 Å². The second kappa shape index (κ2) is 7.53. The molecule has 0 spiro atoms. The number of likely N-dealkylation sites (tertiary alicyclic amines) is 1. The number of aromatic hydroxyl groups is 1. The summed E-state index contributed by atoms with van der Waals surface area (Å²) < 4.78 is 26.3. The number of rotatable bonds is 6. The highest BCUT2D eigenvalue weighted by atomic mass is 32.2. The van der Waals surface area contributed by atoms with E-state index in [1.807, 2.05) is 26.8 Å². The summed E-state index contributed by atoms with van der Waals surface area (Å²) in [7, 11) is -3.29. The second-order valence-electron chi connectivity index (χ2n) is 6.60. The molecule has 2 N–H and O–H groups in total. The molecule has 1 fully saturated rings. The van der Waals surface area contributed by atoms with Crippen molar-refractivity contribution in [1.29, 1.82) is 0 Å². The van der Waals surface area contributed by atoms with Crippen molar-refractivity contribution >= 4 is 15.9 Å². The van der Waals surface area contributed by atoms with E-state index in [0.717, 1.165) is 5.56 Å². The smallest absolute Gasteiger partial charge is 0.257 e. The zero-order valence-corrected chi connectivity index (χ0v) is 15.3.